The van der Waals surface area contributed by atoms with E-state index in [1.54, 1.807) is 0 Å². The maximum atomic E-state index is 2.68. The fourth-order valence-electron chi connectivity index (χ4n) is 15.4. The lowest BCUT2D eigenvalue weighted by Gasteiger charge is -2.34. The Morgan fingerprint density at radius 1 is 0.321 bits per heavy atom. The average Bonchev–Trinajstić information content (AvgIpc) is 1.18. The maximum absolute atomic E-state index is 2.68. The third-order valence-electron chi connectivity index (χ3n) is 19.4. The Balaban J connectivity index is 1.01. The van der Waals surface area contributed by atoms with Gasteiger partial charge in [-0.25, -0.2) is 0 Å². The molecule has 0 spiro atoms. The van der Waals surface area contributed by atoms with Gasteiger partial charge in [0.1, 0.15) is 0 Å². The summed E-state index contributed by atoms with van der Waals surface area (Å²) in [7, 11) is 0. The van der Waals surface area contributed by atoms with Crippen molar-refractivity contribution in [2.45, 2.75) is 105 Å². The van der Waals surface area contributed by atoms with Gasteiger partial charge in [-0.1, -0.05) is 161 Å². The number of aryl methyl sites for hydroxylation is 4. The van der Waals surface area contributed by atoms with E-state index in [4.69, 9.17) is 0 Å². The second-order valence-corrected chi connectivity index (χ2v) is 24.9. The van der Waals surface area contributed by atoms with Crippen LogP contribution in [0.15, 0.2) is 206 Å². The van der Waals surface area contributed by atoms with Gasteiger partial charge in [-0.15, -0.1) is 0 Å². The number of fused-ring (bicyclic) bond motifs is 8. The van der Waals surface area contributed by atoms with E-state index in [0.29, 0.717) is 0 Å². The van der Waals surface area contributed by atoms with Crippen molar-refractivity contribution in [2.24, 2.45) is 0 Å². The summed E-state index contributed by atoms with van der Waals surface area (Å²) >= 11 is 0. The van der Waals surface area contributed by atoms with Crippen LogP contribution < -0.4 is 9.80 Å². The van der Waals surface area contributed by atoms with Crippen LogP contribution in [0, 0.1) is 13.8 Å². The average molecular weight is 1090 g/mol. The van der Waals surface area contributed by atoms with Crippen molar-refractivity contribution in [1.82, 2.24) is 9.13 Å². The van der Waals surface area contributed by atoms with Gasteiger partial charge in [0.05, 0.1) is 33.4 Å². The Bertz CT molecular complexity index is 4650. The van der Waals surface area contributed by atoms with Gasteiger partial charge < -0.3 is 18.9 Å². The van der Waals surface area contributed by atoms with E-state index in [2.05, 4.69) is 267 Å². The van der Waals surface area contributed by atoms with Crippen molar-refractivity contribution in [1.29, 1.82) is 0 Å². The molecule has 16 rings (SSSR count). The summed E-state index contributed by atoms with van der Waals surface area (Å²) in [6.07, 6.45) is 9.17. The molecule has 2 heterocycles. The first-order valence-electron chi connectivity index (χ1n) is 31.0. The van der Waals surface area contributed by atoms with Crippen molar-refractivity contribution in [3.63, 3.8) is 0 Å². The number of anilines is 6. The molecule has 4 heteroatoms. The number of hydrogen-bond donors (Lipinski definition) is 0. The summed E-state index contributed by atoms with van der Waals surface area (Å²) in [6.45, 7) is 14.1. The Morgan fingerprint density at radius 3 is 1.14 bits per heavy atom. The summed E-state index contributed by atoms with van der Waals surface area (Å²) in [5.41, 5.74) is 25.9. The van der Waals surface area contributed by atoms with Crippen LogP contribution in [-0.2, 0) is 25.7 Å². The molecule has 2 aliphatic carbocycles. The molecular formula is C80H70N4. The summed E-state index contributed by atoms with van der Waals surface area (Å²) < 4.78 is 5.02. The van der Waals surface area contributed by atoms with Crippen LogP contribution in [0.2, 0.25) is 0 Å². The molecule has 4 nitrogen and oxygen atoms in total. The molecule has 0 N–H and O–H groups in total. The highest BCUT2D eigenvalue weighted by atomic mass is 15.2. The van der Waals surface area contributed by atoms with Crippen molar-refractivity contribution in [2.75, 3.05) is 9.80 Å². The van der Waals surface area contributed by atoms with Crippen LogP contribution in [0.4, 0.5) is 34.1 Å². The van der Waals surface area contributed by atoms with Crippen molar-refractivity contribution in [3.05, 3.63) is 251 Å². The fraction of sp³-hybridized carbons (Fsp3) is 0.200. The highest BCUT2D eigenvalue weighted by Gasteiger charge is 2.30. The molecule has 0 radical (unpaired) electrons. The van der Waals surface area contributed by atoms with Gasteiger partial charge in [0.2, 0.25) is 0 Å². The normalized spacial score (nSPS) is 13.7. The molecule has 0 aliphatic heterocycles. The van der Waals surface area contributed by atoms with E-state index >= 15 is 0 Å². The molecule has 0 fully saturated rings. The van der Waals surface area contributed by atoms with Crippen molar-refractivity contribution < 1.29 is 0 Å². The minimum atomic E-state index is 0.258. The van der Waals surface area contributed by atoms with Crippen LogP contribution in [0.25, 0.3) is 87.3 Å². The highest BCUT2D eigenvalue weighted by molar-refractivity contribution is 6.30. The number of benzene rings is 12. The van der Waals surface area contributed by atoms with E-state index in [9.17, 15) is 0 Å². The SMILES string of the molecule is Cc1ccccc1-n1c2ccccc2c2ccc(N(c3cccc4c3CCCC4)c3cc(C(C)C)c4ccc5c(N(c6ccc7c8ccccc8n(-c8ccccc8C)c7c6)c6cccc7c6CCCC7)cc(C(C)C)c6ccc3c4c65)cc21. The molecule has 0 bridgehead atoms. The highest BCUT2D eigenvalue weighted by Crippen LogP contribution is 2.53. The second kappa shape index (κ2) is 19.8. The van der Waals surface area contributed by atoms with Crippen LogP contribution in [0.1, 0.15) is 110 Å². The number of para-hydroxylation sites is 4. The Labute approximate surface area is 493 Å². The Hall–Kier alpha value is -9.12. The minimum absolute atomic E-state index is 0.258. The summed E-state index contributed by atoms with van der Waals surface area (Å²) in [5, 5.41) is 13.0. The van der Waals surface area contributed by atoms with Crippen LogP contribution in [0.5, 0.6) is 0 Å². The first-order valence-corrected chi connectivity index (χ1v) is 31.0. The first-order chi connectivity index (χ1) is 41.2. The van der Waals surface area contributed by atoms with Crippen molar-refractivity contribution >= 4 is 110 Å². The van der Waals surface area contributed by atoms with E-state index in [-0.39, 0.29) is 11.8 Å². The second-order valence-electron chi connectivity index (χ2n) is 24.9. The van der Waals surface area contributed by atoms with E-state index < -0.39 is 0 Å². The van der Waals surface area contributed by atoms with Gasteiger partial charge in [0.15, 0.2) is 0 Å². The zero-order chi connectivity index (χ0) is 56.5. The van der Waals surface area contributed by atoms with Crippen LogP contribution >= 0.6 is 0 Å². The van der Waals surface area contributed by atoms with E-state index in [1.165, 1.54) is 192 Å². The molecular weight excluding hydrogens is 1020 g/mol. The van der Waals surface area contributed by atoms with E-state index in [1.807, 2.05) is 0 Å². The molecule has 0 saturated carbocycles. The third-order valence-corrected chi connectivity index (χ3v) is 19.4. The maximum Gasteiger partial charge on any atom is 0.0562 e. The van der Waals surface area contributed by atoms with Gasteiger partial charge in [0, 0.05) is 66.4 Å². The summed E-state index contributed by atoms with van der Waals surface area (Å²) in [5.74, 6) is 0.517. The molecule has 410 valence electrons. The predicted molar refractivity (Wildman–Crippen MR) is 359 cm³/mol. The van der Waals surface area contributed by atoms with Gasteiger partial charge in [0.25, 0.3) is 0 Å². The smallest absolute Gasteiger partial charge is 0.0562 e. The van der Waals surface area contributed by atoms with Gasteiger partial charge in [-0.05, 0) is 216 Å². The standard InChI is InChI=1S/C80H70N4/c1-49(2)67-47-77(81(71-35-19-25-53-23-9-11-27-57(53)71)55-37-39-61-59-29-13-17-33-73(59)83(75(61)45-55)69-31-15-7-21-51(69)5)65-44-42-64-68(50(3)4)48-78(66-43-41-63(67)79(65)80(64)66)82(72-36-20-26-54-24-10-12-28-58(54)72)56-38-40-62-60-30-14-18-34-74(60)84(76(62)46-56)70-32-16-8-22-52(70)6/h7-8,13-22,25-26,29-50H,9-12,23-24,27-28H2,1-6H3. The minimum Gasteiger partial charge on any atom is -0.309 e. The topological polar surface area (TPSA) is 16.3 Å². The lowest BCUT2D eigenvalue weighted by Crippen LogP contribution is -2.17. The van der Waals surface area contributed by atoms with Crippen LogP contribution in [0.3, 0.4) is 0 Å². The number of hydrogen-bond acceptors (Lipinski definition) is 2. The number of rotatable bonds is 10. The zero-order valence-electron chi connectivity index (χ0n) is 49.2. The predicted octanol–water partition coefficient (Wildman–Crippen LogP) is 22.3. The fourth-order valence-corrected chi connectivity index (χ4v) is 15.4. The first kappa shape index (κ1) is 50.6. The monoisotopic (exact) mass is 1090 g/mol. The van der Waals surface area contributed by atoms with E-state index in [0.717, 1.165) is 25.7 Å². The number of nitrogens with zero attached hydrogens (tertiary/aromatic N) is 4. The zero-order valence-corrected chi connectivity index (χ0v) is 49.2. The molecule has 14 aromatic rings. The van der Waals surface area contributed by atoms with Gasteiger partial charge in [-0.2, -0.15) is 0 Å². The van der Waals surface area contributed by atoms with Gasteiger partial charge >= 0.3 is 0 Å². The molecule has 12 aromatic carbocycles. The molecule has 84 heavy (non-hydrogen) atoms. The quantitative estimate of drug-likeness (QED) is 0.127. The molecule has 0 atom stereocenters. The number of aromatic nitrogens is 2. The Kier molecular flexibility index (Phi) is 11.9. The molecule has 2 aliphatic rings. The molecule has 2 aromatic heterocycles. The lowest BCUT2D eigenvalue weighted by atomic mass is 9.83. The van der Waals surface area contributed by atoms with Gasteiger partial charge in [-0.3, -0.25) is 0 Å². The molecule has 0 saturated heterocycles. The third kappa shape index (κ3) is 7.72. The lowest BCUT2D eigenvalue weighted by molar-refractivity contribution is 0.686. The summed E-state index contributed by atoms with van der Waals surface area (Å²) in [4.78, 5) is 5.35. The largest absolute Gasteiger partial charge is 0.309 e. The molecule has 0 unspecified atom stereocenters. The molecule has 0 amide bonds. The van der Waals surface area contributed by atoms with Crippen LogP contribution in [-0.4, -0.2) is 9.13 Å². The summed E-state index contributed by atoms with van der Waals surface area (Å²) in [6, 6.07) is 79.7. The Morgan fingerprint density at radius 2 is 0.702 bits per heavy atom. The van der Waals surface area contributed by atoms with Crippen molar-refractivity contribution in [3.8, 4) is 11.4 Å².